The maximum atomic E-state index is 13.8. The molecule has 88 valence electrons. The van der Waals surface area contributed by atoms with E-state index < -0.39 is 5.82 Å². The van der Waals surface area contributed by atoms with E-state index in [-0.39, 0.29) is 5.69 Å². The molecule has 1 heterocycles. The van der Waals surface area contributed by atoms with Gasteiger partial charge in [0.25, 0.3) is 0 Å². The maximum Gasteiger partial charge on any atom is 0.150 e. The van der Waals surface area contributed by atoms with E-state index in [1.165, 1.54) is 10.7 Å². The number of nitrogen functional groups attached to an aromatic ring is 1. The third-order valence-electron chi connectivity index (χ3n) is 3.10. The summed E-state index contributed by atoms with van der Waals surface area (Å²) in [6.07, 6.45) is 2.87. The third-order valence-corrected chi connectivity index (χ3v) is 3.40. The van der Waals surface area contributed by atoms with E-state index in [1.807, 2.05) is 0 Å². The van der Waals surface area contributed by atoms with E-state index in [9.17, 15) is 4.39 Å². The molecule has 0 radical (unpaired) electrons. The van der Waals surface area contributed by atoms with Crippen molar-refractivity contribution < 1.29 is 4.39 Å². The Hall–Kier alpha value is -1.55. The number of nitrogens with zero attached hydrogens (tertiary/aromatic N) is 2. The monoisotopic (exact) mass is 251 g/mol. The molecule has 5 heteroatoms. The van der Waals surface area contributed by atoms with Gasteiger partial charge >= 0.3 is 0 Å². The van der Waals surface area contributed by atoms with Gasteiger partial charge in [-0.1, -0.05) is 17.7 Å². The van der Waals surface area contributed by atoms with Gasteiger partial charge in [0.2, 0.25) is 0 Å². The molecule has 0 aliphatic heterocycles. The van der Waals surface area contributed by atoms with Crippen molar-refractivity contribution in [2.45, 2.75) is 19.3 Å². The van der Waals surface area contributed by atoms with Crippen LogP contribution in [0.5, 0.6) is 0 Å². The quantitative estimate of drug-likeness (QED) is 0.847. The number of hydrogen-bond donors (Lipinski definition) is 1. The van der Waals surface area contributed by atoms with Crippen LogP contribution in [0.3, 0.4) is 0 Å². The van der Waals surface area contributed by atoms with Crippen LogP contribution in [-0.4, -0.2) is 9.78 Å². The molecule has 0 unspecified atom stereocenters. The standard InChI is InChI=1S/C12H11ClFN3/c13-8-4-2-5-9(14)11(8)17-12(15)7-3-1-6-10(7)16-17/h2,4-5H,1,3,6,15H2. The molecule has 0 saturated heterocycles. The topological polar surface area (TPSA) is 43.8 Å². The van der Waals surface area contributed by atoms with Gasteiger partial charge in [0.1, 0.15) is 17.3 Å². The van der Waals surface area contributed by atoms with Crippen LogP contribution >= 0.6 is 11.6 Å². The number of anilines is 1. The van der Waals surface area contributed by atoms with Crippen molar-refractivity contribution in [3.63, 3.8) is 0 Å². The summed E-state index contributed by atoms with van der Waals surface area (Å²) in [6, 6.07) is 4.55. The summed E-state index contributed by atoms with van der Waals surface area (Å²) in [5.41, 5.74) is 8.23. The summed E-state index contributed by atoms with van der Waals surface area (Å²) in [5.74, 6) is 0.0925. The lowest BCUT2D eigenvalue weighted by molar-refractivity contribution is 0.610. The Morgan fingerprint density at radius 2 is 2.18 bits per heavy atom. The molecule has 0 fully saturated rings. The highest BCUT2D eigenvalue weighted by atomic mass is 35.5. The van der Waals surface area contributed by atoms with Crippen molar-refractivity contribution in [3.8, 4) is 5.69 Å². The summed E-state index contributed by atoms with van der Waals surface area (Å²) < 4.78 is 15.2. The van der Waals surface area contributed by atoms with Gasteiger partial charge in [-0.15, -0.1) is 0 Å². The first-order valence-electron chi connectivity index (χ1n) is 5.49. The number of aryl methyl sites for hydroxylation is 1. The van der Waals surface area contributed by atoms with Crippen LogP contribution in [0.15, 0.2) is 18.2 Å². The lowest BCUT2D eigenvalue weighted by Gasteiger charge is -2.08. The fourth-order valence-corrected chi connectivity index (χ4v) is 2.52. The third kappa shape index (κ3) is 1.52. The highest BCUT2D eigenvalue weighted by molar-refractivity contribution is 6.32. The van der Waals surface area contributed by atoms with Crippen LogP contribution in [0.4, 0.5) is 10.2 Å². The van der Waals surface area contributed by atoms with Crippen LogP contribution in [0, 0.1) is 5.82 Å². The summed E-state index contributed by atoms with van der Waals surface area (Å²) in [4.78, 5) is 0. The number of aromatic nitrogens is 2. The van der Waals surface area contributed by atoms with Gasteiger partial charge in [0, 0.05) is 5.56 Å². The Labute approximate surface area is 103 Å². The first-order chi connectivity index (χ1) is 8.18. The Morgan fingerprint density at radius 1 is 1.35 bits per heavy atom. The van der Waals surface area contributed by atoms with Gasteiger partial charge < -0.3 is 5.73 Å². The van der Waals surface area contributed by atoms with Gasteiger partial charge in [-0.05, 0) is 31.4 Å². The van der Waals surface area contributed by atoms with E-state index in [1.54, 1.807) is 12.1 Å². The van der Waals surface area contributed by atoms with E-state index in [0.29, 0.717) is 10.8 Å². The fourth-order valence-electron chi connectivity index (χ4n) is 2.28. The molecule has 1 aliphatic rings. The molecule has 1 aromatic heterocycles. The largest absolute Gasteiger partial charge is 0.383 e. The van der Waals surface area contributed by atoms with E-state index in [0.717, 1.165) is 30.5 Å². The normalized spacial score (nSPS) is 14.0. The highest BCUT2D eigenvalue weighted by Gasteiger charge is 2.23. The Kier molecular flexibility index (Phi) is 2.33. The lowest BCUT2D eigenvalue weighted by Crippen LogP contribution is -2.06. The second-order valence-corrected chi connectivity index (χ2v) is 4.55. The van der Waals surface area contributed by atoms with Crippen molar-refractivity contribution in [3.05, 3.63) is 40.3 Å². The molecule has 1 aromatic carbocycles. The minimum Gasteiger partial charge on any atom is -0.383 e. The predicted molar refractivity (Wildman–Crippen MR) is 65.0 cm³/mol. The van der Waals surface area contributed by atoms with Crippen LogP contribution in [0.25, 0.3) is 5.69 Å². The number of para-hydroxylation sites is 1. The number of hydrogen-bond acceptors (Lipinski definition) is 2. The van der Waals surface area contributed by atoms with Gasteiger partial charge in [-0.3, -0.25) is 0 Å². The van der Waals surface area contributed by atoms with Crippen LogP contribution in [-0.2, 0) is 12.8 Å². The fraction of sp³-hybridized carbons (Fsp3) is 0.250. The van der Waals surface area contributed by atoms with Gasteiger partial charge in [0.05, 0.1) is 10.7 Å². The van der Waals surface area contributed by atoms with Crippen molar-refractivity contribution in [1.82, 2.24) is 9.78 Å². The molecule has 0 saturated carbocycles. The Balaban J connectivity index is 2.23. The zero-order chi connectivity index (χ0) is 12.0. The number of rotatable bonds is 1. The summed E-state index contributed by atoms with van der Waals surface area (Å²) in [7, 11) is 0. The number of benzene rings is 1. The molecule has 2 N–H and O–H groups in total. The van der Waals surface area contributed by atoms with E-state index >= 15 is 0 Å². The minimum atomic E-state index is -0.412. The summed E-state index contributed by atoms with van der Waals surface area (Å²) >= 11 is 6.00. The Bertz CT molecular complexity index is 571. The van der Waals surface area contributed by atoms with E-state index in [2.05, 4.69) is 5.10 Å². The first-order valence-corrected chi connectivity index (χ1v) is 5.87. The molecule has 3 rings (SSSR count). The average molecular weight is 252 g/mol. The van der Waals surface area contributed by atoms with Crippen molar-refractivity contribution in [1.29, 1.82) is 0 Å². The van der Waals surface area contributed by atoms with Gasteiger partial charge in [-0.25, -0.2) is 9.07 Å². The highest BCUT2D eigenvalue weighted by Crippen LogP contribution is 2.32. The molecule has 1 aliphatic carbocycles. The van der Waals surface area contributed by atoms with Crippen LogP contribution in [0.1, 0.15) is 17.7 Å². The molecule has 3 nitrogen and oxygen atoms in total. The zero-order valence-corrected chi connectivity index (χ0v) is 9.84. The maximum absolute atomic E-state index is 13.8. The molecular formula is C12H11ClFN3. The molecule has 2 aromatic rings. The van der Waals surface area contributed by atoms with Crippen LogP contribution < -0.4 is 5.73 Å². The smallest absolute Gasteiger partial charge is 0.150 e. The molecule has 0 atom stereocenters. The molecule has 0 spiro atoms. The molecular weight excluding hydrogens is 241 g/mol. The predicted octanol–water partition coefficient (Wildman–Crippen LogP) is 2.74. The second kappa shape index (κ2) is 3.74. The number of halogens is 2. The zero-order valence-electron chi connectivity index (χ0n) is 9.08. The number of nitrogens with two attached hydrogens (primary N) is 1. The van der Waals surface area contributed by atoms with Crippen LogP contribution in [0.2, 0.25) is 5.02 Å². The number of fused-ring (bicyclic) bond motifs is 1. The van der Waals surface area contributed by atoms with Gasteiger partial charge in [0.15, 0.2) is 0 Å². The van der Waals surface area contributed by atoms with Crippen molar-refractivity contribution in [2.75, 3.05) is 5.73 Å². The minimum absolute atomic E-state index is 0.237. The second-order valence-electron chi connectivity index (χ2n) is 4.15. The SMILES string of the molecule is Nc1c2c(nn1-c1c(F)cccc1Cl)CCC2. The molecule has 0 bridgehead atoms. The van der Waals surface area contributed by atoms with E-state index in [4.69, 9.17) is 17.3 Å². The van der Waals surface area contributed by atoms with Crippen molar-refractivity contribution >= 4 is 17.4 Å². The summed E-state index contributed by atoms with van der Waals surface area (Å²) in [6.45, 7) is 0. The van der Waals surface area contributed by atoms with Gasteiger partial charge in [-0.2, -0.15) is 5.10 Å². The Morgan fingerprint density at radius 3 is 2.88 bits per heavy atom. The van der Waals surface area contributed by atoms with Crippen molar-refractivity contribution in [2.24, 2.45) is 0 Å². The molecule has 17 heavy (non-hydrogen) atoms. The molecule has 0 amide bonds. The first kappa shape index (κ1) is 10.6. The lowest BCUT2D eigenvalue weighted by atomic mass is 10.2. The summed E-state index contributed by atoms with van der Waals surface area (Å²) in [5, 5.41) is 4.67. The average Bonchev–Trinajstić information content (AvgIpc) is 2.84.